The Morgan fingerprint density at radius 2 is 0.246 bits per heavy atom. The third-order valence-electron chi connectivity index (χ3n) is 32.9. The van der Waals surface area contributed by atoms with E-state index in [4.69, 9.17) is 29.9 Å². The summed E-state index contributed by atoms with van der Waals surface area (Å²) in [5, 5.41) is 163. The highest BCUT2D eigenvalue weighted by Crippen LogP contribution is 2.55. The van der Waals surface area contributed by atoms with Crippen molar-refractivity contribution >= 4 is 35.7 Å². The maximum absolute atomic E-state index is 15.4. The Hall–Kier alpha value is -3.98. The average molecular weight is 1820 g/mol. The van der Waals surface area contributed by atoms with Gasteiger partial charge in [-0.1, -0.05) is 0 Å². The lowest BCUT2D eigenvalue weighted by atomic mass is 9.74. The fraction of sp³-hybridized carbons (Fsp3) is 0.939. The molecule has 10 fully saturated rings. The van der Waals surface area contributed by atoms with E-state index in [1.54, 1.807) is 0 Å². The van der Waals surface area contributed by atoms with Crippen LogP contribution in [0, 0.1) is 0 Å². The molecule has 12 rings (SSSR count). The van der Waals surface area contributed by atoms with E-state index in [0.717, 1.165) is 0 Å². The first-order chi connectivity index (χ1) is 58.3. The van der Waals surface area contributed by atoms with Gasteiger partial charge >= 0.3 is 0 Å². The van der Waals surface area contributed by atoms with Crippen molar-refractivity contribution in [3.05, 3.63) is 0 Å². The predicted molar refractivity (Wildman–Crippen MR) is 501 cm³/mol. The van der Waals surface area contributed by atoms with Gasteiger partial charge in [0.15, 0.2) is 0 Å². The second-order valence-electron chi connectivity index (χ2n) is 55.3. The van der Waals surface area contributed by atoms with Crippen molar-refractivity contribution in [2.45, 2.75) is 577 Å². The van der Waals surface area contributed by atoms with Crippen LogP contribution in [0.15, 0.2) is 0 Å². The Morgan fingerprint density at radius 1 is 0.162 bits per heavy atom. The normalized spacial score (nSPS) is 30.1. The highest BCUT2D eigenvalue weighted by atomic mass is 16.5. The van der Waals surface area contributed by atoms with Crippen LogP contribution in [0.3, 0.4) is 0 Å². The second kappa shape index (κ2) is 33.4. The molecule has 32 nitrogen and oxygen atoms in total. The van der Waals surface area contributed by atoms with Crippen molar-refractivity contribution in [1.82, 2.24) is 80.5 Å². The van der Waals surface area contributed by atoms with Crippen LogP contribution in [-0.4, -0.2) is 265 Å². The summed E-state index contributed by atoms with van der Waals surface area (Å²) in [6.45, 7) is 80.6. The summed E-state index contributed by atoms with van der Waals surface area (Å²) in [6, 6.07) is -4.19. The van der Waals surface area contributed by atoms with Crippen LogP contribution in [0.5, 0.6) is 0 Å². The van der Waals surface area contributed by atoms with Gasteiger partial charge in [0.25, 0.3) is 0 Å². The Kier molecular flexibility index (Phi) is 26.9. The molecule has 2 aromatic heterocycles. The minimum Gasteiger partial charge on any atom is -0.336 e. The molecular formula is C98H174N22O10. The fourth-order valence-corrected chi connectivity index (χ4v) is 29.1. The van der Waals surface area contributed by atoms with Crippen LogP contribution in [-0.2, 0) is 52.1 Å². The Balaban J connectivity index is 1.21. The fourth-order valence-electron chi connectivity index (χ4n) is 29.1. The molecule has 10 aliphatic heterocycles. The maximum atomic E-state index is 15.4. The summed E-state index contributed by atoms with van der Waals surface area (Å²) in [5.41, 5.74) is -18.5. The van der Waals surface area contributed by atoms with E-state index in [2.05, 4.69) is 29.4 Å². The standard InChI is InChI=1S/C98H174N22O10/c1-79(2)43-63(44-80(3,4)111(79)121)105(73-99-75(107(65-47-83(9,10)113(123)84(11,12)48-65)66-49-85(13,14)114(124)86(15,16)50-66)103-76(100-73)108(67-51-87(17,18)115(125)88(19,20)52-67)68-53-89(21,22)116(126)90(23,24)54-68)41-42-106(64-45-81(5,6)112(122)82(7,8)46-64)74-101-77(109(69-55-91(25,26)117(127)92(27,28)56-69)70-57-93(29,30)118(128)94(31,32)58-70)104-78(102-74)110(71-59-95(33,34)119(129)96(35,36)60-71)72-61-97(37,38)120(130)98(39,40)62-72/h63-72H,41-62H2,1-40H3. The van der Waals surface area contributed by atoms with Gasteiger partial charge in [-0.2, -0.15) is 29.9 Å². The number of aromatic nitrogens is 6. The highest BCUT2D eigenvalue weighted by Gasteiger charge is 2.62. The zero-order valence-electron chi connectivity index (χ0n) is 88.3. The molecule has 12 heterocycles. The molecule has 0 aliphatic carbocycles. The van der Waals surface area contributed by atoms with Crippen molar-refractivity contribution in [3.63, 3.8) is 0 Å². The Bertz CT molecular complexity index is 3540. The van der Waals surface area contributed by atoms with Gasteiger partial charge in [-0.25, -0.2) is 0 Å². The van der Waals surface area contributed by atoms with Gasteiger partial charge < -0.3 is 29.4 Å². The molecule has 0 amide bonds. The molecule has 10 radical (unpaired) electrons. The van der Waals surface area contributed by atoms with E-state index >= 15 is 10.4 Å². The first-order valence-electron chi connectivity index (χ1n) is 49.3. The van der Waals surface area contributed by atoms with Gasteiger partial charge in [0, 0.05) is 184 Å². The van der Waals surface area contributed by atoms with E-state index in [9.17, 15) is 41.7 Å². The number of anilines is 6. The van der Waals surface area contributed by atoms with Gasteiger partial charge in [-0.15, -0.1) is 103 Å². The molecule has 0 saturated carbocycles. The minimum atomic E-state index is -0.992. The van der Waals surface area contributed by atoms with Gasteiger partial charge in [-0.3, -0.25) is 0 Å². The molecular weight excluding hydrogens is 1650 g/mol. The Morgan fingerprint density at radius 3 is 0.346 bits per heavy atom. The van der Waals surface area contributed by atoms with Gasteiger partial charge in [0.2, 0.25) is 35.7 Å². The molecule has 0 bridgehead atoms. The van der Waals surface area contributed by atoms with Crippen molar-refractivity contribution < 1.29 is 52.1 Å². The number of hydrogen-bond acceptors (Lipinski definition) is 22. The summed E-state index contributed by atoms with van der Waals surface area (Å²) in [5.74, 6) is 2.02. The predicted octanol–water partition coefficient (Wildman–Crippen LogP) is 17.3. The summed E-state index contributed by atoms with van der Waals surface area (Å²) < 4.78 is 0. The average Bonchev–Trinajstić information content (AvgIpc) is 0.668. The molecule has 0 N–H and O–H groups in total. The quantitative estimate of drug-likeness (QED) is 0.126. The SMILES string of the molecule is CC1(C)CC(N(CCN(c2nc(N(C3CC(C)(C)N([O])C(C)(C)C3)C3CC(C)(C)N([O])C(C)(C)C3)nc(N(C3CC(C)(C)N([O])C(C)(C)C3)C3CC(C)(C)N([O])C(C)(C)C3)n2)C2CC(C)(C)N([O])C(C)(C)C2)c2nc(N(C3CC(C)(C)N([O])C(C)(C)C3)C3CC(C)(C)N([O])C(C)(C)C3)nc(N(C3CC(C)(C)N([O])C(C)(C)C3)C3CC(C)(C)N([O])C(C)(C)C3)n2)CC(C)(C)N1[O]. The molecule has 130 heavy (non-hydrogen) atoms. The van der Waals surface area contributed by atoms with E-state index in [1.807, 2.05) is 277 Å². The van der Waals surface area contributed by atoms with E-state index in [1.165, 1.54) is 50.6 Å². The van der Waals surface area contributed by atoms with E-state index < -0.39 is 171 Å². The third kappa shape index (κ3) is 19.7. The molecule has 2 aromatic rings. The Labute approximate surface area is 783 Å². The van der Waals surface area contributed by atoms with Crippen LogP contribution in [0.25, 0.3) is 0 Å². The lowest BCUT2D eigenvalue weighted by Gasteiger charge is -2.58. The summed E-state index contributed by atoms with van der Waals surface area (Å²) in [4.78, 5) is 50.7. The van der Waals surface area contributed by atoms with Crippen molar-refractivity contribution in [2.75, 3.05) is 42.5 Å². The van der Waals surface area contributed by atoms with Gasteiger partial charge in [-0.05, 0) is 405 Å². The van der Waals surface area contributed by atoms with Gasteiger partial charge in [0.1, 0.15) is 0 Å². The van der Waals surface area contributed by atoms with Gasteiger partial charge in [0.05, 0.1) is 0 Å². The number of hydrogen-bond donors (Lipinski definition) is 0. The number of piperidine rings is 10. The minimum absolute atomic E-state index is 0.136. The summed E-state index contributed by atoms with van der Waals surface area (Å²) >= 11 is 0. The molecule has 0 atom stereocenters. The first kappa shape index (κ1) is 105. The molecule has 0 aromatic carbocycles. The van der Waals surface area contributed by atoms with Crippen LogP contribution < -0.4 is 29.4 Å². The monoisotopic (exact) mass is 1820 g/mol. The topological polar surface area (TPSA) is 328 Å². The van der Waals surface area contributed by atoms with Crippen LogP contribution >= 0.6 is 0 Å². The zero-order valence-corrected chi connectivity index (χ0v) is 88.3. The van der Waals surface area contributed by atoms with Crippen molar-refractivity contribution in [2.24, 2.45) is 0 Å². The van der Waals surface area contributed by atoms with E-state index in [-0.39, 0.29) is 13.1 Å². The smallest absolute Gasteiger partial charge is 0.232 e. The number of nitrogens with zero attached hydrogens (tertiary/aromatic N) is 22. The lowest BCUT2D eigenvalue weighted by Crippen LogP contribution is -2.68. The zero-order chi connectivity index (χ0) is 98.3. The molecule has 0 unspecified atom stereocenters. The maximum Gasteiger partial charge on any atom is 0.232 e. The highest BCUT2D eigenvalue weighted by molar-refractivity contribution is 5.54. The van der Waals surface area contributed by atoms with Crippen molar-refractivity contribution in [3.8, 4) is 0 Å². The van der Waals surface area contributed by atoms with Crippen molar-refractivity contribution in [1.29, 1.82) is 0 Å². The number of hydroxylamine groups is 20. The summed E-state index contributed by atoms with van der Waals surface area (Å²) in [7, 11) is 0. The first-order valence-corrected chi connectivity index (χ1v) is 49.3. The molecule has 32 heteroatoms. The second-order valence-corrected chi connectivity index (χ2v) is 55.3. The molecule has 10 saturated heterocycles. The van der Waals surface area contributed by atoms with Crippen LogP contribution in [0.1, 0.15) is 405 Å². The van der Waals surface area contributed by atoms with E-state index in [0.29, 0.717) is 164 Å². The lowest BCUT2D eigenvalue weighted by molar-refractivity contribution is -0.294. The van der Waals surface area contributed by atoms with Crippen LogP contribution in [0.2, 0.25) is 0 Å². The summed E-state index contributed by atoms with van der Waals surface area (Å²) in [6.07, 6.45) is 7.73. The molecule has 10 aliphatic rings. The molecule has 736 valence electrons. The third-order valence-corrected chi connectivity index (χ3v) is 32.9. The molecule has 0 spiro atoms. The largest absolute Gasteiger partial charge is 0.336 e. The number of rotatable bonds is 19. The van der Waals surface area contributed by atoms with Crippen LogP contribution in [0.4, 0.5) is 35.7 Å².